The molecule has 4 N–H and O–H groups in total. The second-order valence-electron chi connectivity index (χ2n) is 3.05. The van der Waals surface area contributed by atoms with E-state index in [0.29, 0.717) is 5.11 Å². The average Bonchev–Trinajstić information content (AvgIpc) is 2.04. The number of hydrogen-bond acceptors (Lipinski definition) is 2. The van der Waals surface area contributed by atoms with Crippen LogP contribution < -0.4 is 11.1 Å². The van der Waals surface area contributed by atoms with Crippen LogP contribution >= 0.6 is 12.2 Å². The third kappa shape index (κ3) is 3.06. The Bertz CT molecular complexity index is 214. The molecule has 74 valence electrons. The van der Waals surface area contributed by atoms with Gasteiger partial charge in [0.05, 0.1) is 0 Å². The molecular formula is C7H13N3O2S. The van der Waals surface area contributed by atoms with Crippen molar-refractivity contribution in [3.8, 4) is 0 Å². The highest BCUT2D eigenvalue weighted by Crippen LogP contribution is 2.09. The molecule has 0 radical (unpaired) electrons. The third-order valence-electron chi connectivity index (χ3n) is 2.13. The standard InChI is InChI=1S/C7H13N3O2S/c8-6(13)10-3-1-5(2-4-10)9-7(11)12/h5,9H,1-4H2,(H2,8,13)(H,11,12). The van der Waals surface area contributed by atoms with Crippen LogP contribution in [0.4, 0.5) is 4.79 Å². The Morgan fingerprint density at radius 3 is 2.46 bits per heavy atom. The van der Waals surface area contributed by atoms with E-state index < -0.39 is 6.09 Å². The van der Waals surface area contributed by atoms with Crippen molar-refractivity contribution >= 4 is 23.4 Å². The quantitative estimate of drug-likeness (QED) is 0.521. The van der Waals surface area contributed by atoms with E-state index in [1.807, 2.05) is 4.90 Å². The molecule has 1 saturated heterocycles. The molecule has 1 fully saturated rings. The smallest absolute Gasteiger partial charge is 0.404 e. The van der Waals surface area contributed by atoms with Gasteiger partial charge in [0.1, 0.15) is 0 Å². The highest BCUT2D eigenvalue weighted by atomic mass is 32.1. The predicted octanol–water partition coefficient (Wildman–Crippen LogP) is -0.0380. The van der Waals surface area contributed by atoms with Crippen LogP contribution in [0.2, 0.25) is 0 Å². The van der Waals surface area contributed by atoms with Crippen molar-refractivity contribution in [3.63, 3.8) is 0 Å². The molecule has 1 heterocycles. The van der Waals surface area contributed by atoms with E-state index in [9.17, 15) is 4.79 Å². The molecule has 5 nitrogen and oxygen atoms in total. The highest BCUT2D eigenvalue weighted by molar-refractivity contribution is 7.80. The predicted molar refractivity (Wildman–Crippen MR) is 52.5 cm³/mol. The molecule has 0 bridgehead atoms. The second kappa shape index (κ2) is 4.27. The summed E-state index contributed by atoms with van der Waals surface area (Å²) in [6.45, 7) is 1.47. The molecule has 0 atom stereocenters. The van der Waals surface area contributed by atoms with Gasteiger partial charge >= 0.3 is 6.09 Å². The molecule has 1 amide bonds. The Hall–Kier alpha value is -1.04. The molecule has 0 spiro atoms. The zero-order valence-corrected chi connectivity index (χ0v) is 8.01. The summed E-state index contributed by atoms with van der Waals surface area (Å²) in [4.78, 5) is 12.2. The zero-order valence-electron chi connectivity index (χ0n) is 7.19. The van der Waals surface area contributed by atoms with E-state index in [0.717, 1.165) is 25.9 Å². The fourth-order valence-electron chi connectivity index (χ4n) is 1.42. The average molecular weight is 203 g/mol. The molecule has 0 aromatic carbocycles. The van der Waals surface area contributed by atoms with Gasteiger partial charge in [0.15, 0.2) is 5.11 Å². The first-order valence-corrected chi connectivity index (χ1v) is 4.54. The largest absolute Gasteiger partial charge is 0.465 e. The van der Waals surface area contributed by atoms with Crippen molar-refractivity contribution in [3.05, 3.63) is 0 Å². The van der Waals surface area contributed by atoms with E-state index in [-0.39, 0.29) is 6.04 Å². The minimum atomic E-state index is -0.964. The van der Waals surface area contributed by atoms with Gasteiger partial charge in [0.2, 0.25) is 0 Å². The Balaban J connectivity index is 2.30. The molecule has 13 heavy (non-hydrogen) atoms. The third-order valence-corrected chi connectivity index (χ3v) is 2.39. The summed E-state index contributed by atoms with van der Waals surface area (Å²) >= 11 is 4.81. The Morgan fingerprint density at radius 1 is 1.54 bits per heavy atom. The lowest BCUT2D eigenvalue weighted by Crippen LogP contribution is -2.47. The van der Waals surface area contributed by atoms with Crippen LogP contribution in [0.1, 0.15) is 12.8 Å². The lowest BCUT2D eigenvalue weighted by molar-refractivity contribution is 0.182. The number of carboxylic acid groups (broad SMARTS) is 1. The number of nitrogens with two attached hydrogens (primary N) is 1. The first kappa shape index (κ1) is 10.0. The molecule has 0 aromatic heterocycles. The molecule has 0 unspecified atom stereocenters. The van der Waals surface area contributed by atoms with Crippen LogP contribution in [0, 0.1) is 0 Å². The fraction of sp³-hybridized carbons (Fsp3) is 0.714. The van der Waals surface area contributed by atoms with Gasteiger partial charge < -0.3 is 21.1 Å². The van der Waals surface area contributed by atoms with Crippen molar-refractivity contribution in [2.75, 3.05) is 13.1 Å². The van der Waals surface area contributed by atoms with E-state index in [1.165, 1.54) is 0 Å². The van der Waals surface area contributed by atoms with Crippen molar-refractivity contribution in [1.29, 1.82) is 0 Å². The minimum Gasteiger partial charge on any atom is -0.465 e. The highest BCUT2D eigenvalue weighted by Gasteiger charge is 2.20. The van der Waals surface area contributed by atoms with Crippen LogP contribution in [0.5, 0.6) is 0 Å². The summed E-state index contributed by atoms with van der Waals surface area (Å²) in [5.41, 5.74) is 5.43. The summed E-state index contributed by atoms with van der Waals surface area (Å²) in [7, 11) is 0. The number of nitrogens with one attached hydrogen (secondary N) is 1. The van der Waals surface area contributed by atoms with Crippen LogP contribution in [0.3, 0.4) is 0 Å². The van der Waals surface area contributed by atoms with Gasteiger partial charge in [0, 0.05) is 19.1 Å². The molecule has 6 heteroatoms. The first-order chi connectivity index (χ1) is 6.09. The van der Waals surface area contributed by atoms with Gasteiger partial charge in [-0.05, 0) is 25.1 Å². The maximum absolute atomic E-state index is 10.3. The lowest BCUT2D eigenvalue weighted by atomic mass is 10.1. The summed E-state index contributed by atoms with van der Waals surface area (Å²) in [6.07, 6.45) is 0.571. The van der Waals surface area contributed by atoms with Crippen LogP contribution in [0.25, 0.3) is 0 Å². The van der Waals surface area contributed by atoms with Gasteiger partial charge in [0.25, 0.3) is 0 Å². The normalized spacial score (nSPS) is 18.3. The minimum absolute atomic E-state index is 0.0445. The first-order valence-electron chi connectivity index (χ1n) is 4.13. The van der Waals surface area contributed by atoms with Crippen LogP contribution in [-0.2, 0) is 0 Å². The number of amides is 1. The molecule has 0 saturated carbocycles. The molecular weight excluding hydrogens is 190 g/mol. The molecule has 0 aromatic rings. The number of nitrogens with zero attached hydrogens (tertiary/aromatic N) is 1. The van der Waals surface area contributed by atoms with E-state index >= 15 is 0 Å². The van der Waals surface area contributed by atoms with Crippen molar-refractivity contribution < 1.29 is 9.90 Å². The maximum Gasteiger partial charge on any atom is 0.404 e. The van der Waals surface area contributed by atoms with Gasteiger partial charge in [-0.15, -0.1) is 0 Å². The summed E-state index contributed by atoms with van der Waals surface area (Å²) < 4.78 is 0. The maximum atomic E-state index is 10.3. The fourth-order valence-corrected chi connectivity index (χ4v) is 1.60. The van der Waals surface area contributed by atoms with E-state index in [1.54, 1.807) is 0 Å². The summed E-state index contributed by atoms with van der Waals surface area (Å²) in [5.74, 6) is 0. The van der Waals surface area contributed by atoms with Gasteiger partial charge in [-0.25, -0.2) is 4.79 Å². The Morgan fingerprint density at radius 2 is 2.08 bits per heavy atom. The number of thiocarbonyl (C=S) groups is 1. The van der Waals surface area contributed by atoms with Gasteiger partial charge in [-0.1, -0.05) is 0 Å². The van der Waals surface area contributed by atoms with Crippen molar-refractivity contribution in [2.24, 2.45) is 5.73 Å². The number of carbonyl (C=O) groups is 1. The van der Waals surface area contributed by atoms with E-state index in [4.69, 9.17) is 23.1 Å². The number of rotatable bonds is 1. The Kier molecular flexibility index (Phi) is 3.30. The molecule has 0 aliphatic carbocycles. The molecule has 1 rings (SSSR count). The number of piperidine rings is 1. The molecule has 1 aliphatic rings. The van der Waals surface area contributed by atoms with Crippen molar-refractivity contribution in [2.45, 2.75) is 18.9 Å². The van der Waals surface area contributed by atoms with Crippen molar-refractivity contribution in [1.82, 2.24) is 10.2 Å². The number of hydrogen-bond donors (Lipinski definition) is 3. The Labute approximate surface area is 81.9 Å². The van der Waals surface area contributed by atoms with Crippen LogP contribution in [-0.4, -0.2) is 40.3 Å². The second-order valence-corrected chi connectivity index (χ2v) is 3.47. The topological polar surface area (TPSA) is 78.6 Å². The SMILES string of the molecule is NC(=S)N1CCC(NC(=O)O)CC1. The van der Waals surface area contributed by atoms with Gasteiger partial charge in [-0.2, -0.15) is 0 Å². The van der Waals surface area contributed by atoms with Crippen LogP contribution in [0.15, 0.2) is 0 Å². The summed E-state index contributed by atoms with van der Waals surface area (Å²) in [6, 6.07) is 0.0445. The lowest BCUT2D eigenvalue weighted by Gasteiger charge is -2.31. The monoisotopic (exact) mass is 203 g/mol. The van der Waals surface area contributed by atoms with Gasteiger partial charge in [-0.3, -0.25) is 0 Å². The van der Waals surface area contributed by atoms with E-state index in [2.05, 4.69) is 5.32 Å². The molecule has 1 aliphatic heterocycles. The number of likely N-dealkylation sites (tertiary alicyclic amines) is 1. The summed E-state index contributed by atoms with van der Waals surface area (Å²) in [5, 5.41) is 11.3. The zero-order chi connectivity index (χ0) is 9.84.